The van der Waals surface area contributed by atoms with Crippen LogP contribution in [0.25, 0.3) is 0 Å². The molecule has 2 atom stereocenters. The Labute approximate surface area is 122 Å². The molecule has 0 fully saturated rings. The van der Waals surface area contributed by atoms with Gasteiger partial charge in [-0.3, -0.25) is 4.68 Å². The summed E-state index contributed by atoms with van der Waals surface area (Å²) in [4.78, 5) is 0. The Hall–Kier alpha value is -0.880. The molecule has 0 spiro atoms. The fraction of sp³-hybridized carbons (Fsp3) is 0.357. The van der Waals surface area contributed by atoms with Crippen LogP contribution in [0.1, 0.15) is 30.5 Å². The van der Waals surface area contributed by atoms with E-state index in [0.29, 0.717) is 0 Å². The average molecular weight is 355 g/mol. The number of benzene rings is 1. The Morgan fingerprint density at radius 2 is 2.11 bits per heavy atom. The van der Waals surface area contributed by atoms with Gasteiger partial charge in [-0.15, -0.1) is 0 Å². The lowest BCUT2D eigenvalue weighted by Gasteiger charge is -2.25. The Kier molecular flexibility index (Phi) is 4.40. The van der Waals surface area contributed by atoms with Gasteiger partial charge < -0.3 is 5.73 Å². The molecule has 2 aromatic rings. The zero-order chi connectivity index (χ0) is 13.1. The summed E-state index contributed by atoms with van der Waals surface area (Å²) in [6.45, 7) is 4.24. The molecular formula is C14H18IN3. The van der Waals surface area contributed by atoms with Crippen molar-refractivity contribution < 1.29 is 0 Å². The minimum atomic E-state index is 0.0711. The van der Waals surface area contributed by atoms with Gasteiger partial charge in [-0.2, -0.15) is 5.10 Å². The molecule has 4 heteroatoms. The van der Waals surface area contributed by atoms with Crippen LogP contribution in [0.5, 0.6) is 0 Å². The van der Waals surface area contributed by atoms with Crippen LogP contribution in [0, 0.1) is 10.5 Å². The summed E-state index contributed by atoms with van der Waals surface area (Å²) in [7, 11) is 0. The van der Waals surface area contributed by atoms with Crippen LogP contribution in [-0.2, 0) is 0 Å². The van der Waals surface area contributed by atoms with Crippen molar-refractivity contribution in [2.75, 3.05) is 0 Å². The van der Waals surface area contributed by atoms with E-state index in [1.54, 1.807) is 0 Å². The Balaban J connectivity index is 2.47. The smallest absolute Gasteiger partial charge is 0.0922 e. The number of aromatic nitrogens is 2. The number of nitrogens with zero attached hydrogens (tertiary/aromatic N) is 2. The van der Waals surface area contributed by atoms with Gasteiger partial charge in [-0.25, -0.2) is 0 Å². The zero-order valence-electron chi connectivity index (χ0n) is 10.7. The van der Waals surface area contributed by atoms with E-state index in [4.69, 9.17) is 5.73 Å². The van der Waals surface area contributed by atoms with E-state index in [9.17, 15) is 0 Å². The van der Waals surface area contributed by atoms with Gasteiger partial charge >= 0.3 is 0 Å². The van der Waals surface area contributed by atoms with Gasteiger partial charge in [0, 0.05) is 12.2 Å². The molecule has 0 aliphatic heterocycles. The largest absolute Gasteiger partial charge is 0.326 e. The highest BCUT2D eigenvalue weighted by molar-refractivity contribution is 14.1. The van der Waals surface area contributed by atoms with Crippen molar-refractivity contribution >= 4 is 22.6 Å². The molecule has 1 heterocycles. The lowest BCUT2D eigenvalue weighted by atomic mass is 9.94. The molecule has 0 amide bonds. The topological polar surface area (TPSA) is 43.8 Å². The van der Waals surface area contributed by atoms with Crippen LogP contribution in [-0.4, -0.2) is 15.8 Å². The van der Waals surface area contributed by atoms with Gasteiger partial charge in [0.25, 0.3) is 0 Å². The van der Waals surface area contributed by atoms with Gasteiger partial charge in [0.2, 0.25) is 0 Å². The number of nitrogens with two attached hydrogens (primary N) is 1. The highest BCUT2D eigenvalue weighted by Gasteiger charge is 2.22. The Morgan fingerprint density at radius 3 is 2.67 bits per heavy atom. The van der Waals surface area contributed by atoms with Crippen LogP contribution < -0.4 is 5.73 Å². The average Bonchev–Trinajstić information content (AvgIpc) is 2.78. The molecule has 3 nitrogen and oxygen atoms in total. The van der Waals surface area contributed by atoms with Crippen molar-refractivity contribution in [3.8, 4) is 0 Å². The third kappa shape index (κ3) is 2.75. The SMILES string of the molecule is CCC(N)C(c1ccccc1C)n1cc(I)cn1. The van der Waals surface area contributed by atoms with Crippen molar-refractivity contribution in [1.29, 1.82) is 0 Å². The fourth-order valence-corrected chi connectivity index (χ4v) is 2.59. The predicted octanol–water partition coefficient (Wildman–Crippen LogP) is 3.12. The minimum Gasteiger partial charge on any atom is -0.326 e. The Bertz CT molecular complexity index is 521. The molecule has 2 unspecified atom stereocenters. The molecule has 2 rings (SSSR count). The molecule has 0 radical (unpaired) electrons. The lowest BCUT2D eigenvalue weighted by Crippen LogP contribution is -2.33. The summed E-state index contributed by atoms with van der Waals surface area (Å²) in [6.07, 6.45) is 4.84. The number of halogens is 1. The second kappa shape index (κ2) is 5.84. The van der Waals surface area contributed by atoms with Gasteiger partial charge in [-0.1, -0.05) is 31.2 Å². The van der Waals surface area contributed by atoms with Gasteiger partial charge in [0.1, 0.15) is 0 Å². The van der Waals surface area contributed by atoms with Crippen molar-refractivity contribution in [3.05, 3.63) is 51.4 Å². The molecule has 0 saturated carbocycles. The van der Waals surface area contributed by atoms with E-state index in [1.165, 1.54) is 11.1 Å². The maximum Gasteiger partial charge on any atom is 0.0922 e. The van der Waals surface area contributed by atoms with Crippen molar-refractivity contribution in [1.82, 2.24) is 9.78 Å². The molecule has 2 N–H and O–H groups in total. The fourth-order valence-electron chi connectivity index (χ4n) is 2.18. The highest BCUT2D eigenvalue weighted by atomic mass is 127. The summed E-state index contributed by atoms with van der Waals surface area (Å²) in [6, 6.07) is 8.57. The van der Waals surface area contributed by atoms with Gasteiger partial charge in [0.05, 0.1) is 15.8 Å². The lowest BCUT2D eigenvalue weighted by molar-refractivity contribution is 0.422. The highest BCUT2D eigenvalue weighted by Crippen LogP contribution is 2.25. The first kappa shape index (κ1) is 13.5. The first-order valence-electron chi connectivity index (χ1n) is 6.14. The number of rotatable bonds is 4. The van der Waals surface area contributed by atoms with E-state index in [0.717, 1.165) is 9.99 Å². The van der Waals surface area contributed by atoms with Crippen molar-refractivity contribution in [2.24, 2.45) is 5.73 Å². The maximum atomic E-state index is 6.30. The molecule has 0 aliphatic rings. The van der Waals surface area contributed by atoms with E-state index in [2.05, 4.69) is 65.8 Å². The molecule has 1 aromatic carbocycles. The molecular weight excluding hydrogens is 337 g/mol. The zero-order valence-corrected chi connectivity index (χ0v) is 12.8. The maximum absolute atomic E-state index is 6.30. The van der Waals surface area contributed by atoms with E-state index in [-0.39, 0.29) is 12.1 Å². The van der Waals surface area contributed by atoms with Crippen LogP contribution in [0.15, 0.2) is 36.7 Å². The summed E-state index contributed by atoms with van der Waals surface area (Å²) in [5.41, 5.74) is 8.81. The minimum absolute atomic E-state index is 0.0711. The van der Waals surface area contributed by atoms with Gasteiger partial charge in [0.15, 0.2) is 0 Å². The van der Waals surface area contributed by atoms with Crippen LogP contribution in [0.3, 0.4) is 0 Å². The first-order chi connectivity index (χ1) is 8.63. The predicted molar refractivity (Wildman–Crippen MR) is 82.5 cm³/mol. The summed E-state index contributed by atoms with van der Waals surface area (Å²) >= 11 is 2.27. The third-order valence-corrected chi connectivity index (χ3v) is 3.80. The molecule has 0 saturated heterocycles. The quantitative estimate of drug-likeness (QED) is 0.857. The van der Waals surface area contributed by atoms with Crippen molar-refractivity contribution in [3.63, 3.8) is 0 Å². The number of hydrogen-bond donors (Lipinski definition) is 1. The first-order valence-corrected chi connectivity index (χ1v) is 7.22. The number of aryl methyl sites for hydroxylation is 1. The number of hydrogen-bond acceptors (Lipinski definition) is 2. The monoisotopic (exact) mass is 355 g/mol. The van der Waals surface area contributed by atoms with Gasteiger partial charge in [-0.05, 0) is 47.1 Å². The van der Waals surface area contributed by atoms with Crippen LogP contribution >= 0.6 is 22.6 Å². The van der Waals surface area contributed by atoms with E-state index in [1.807, 2.05) is 17.1 Å². The molecule has 0 bridgehead atoms. The third-order valence-electron chi connectivity index (χ3n) is 3.24. The van der Waals surface area contributed by atoms with Crippen LogP contribution in [0.4, 0.5) is 0 Å². The molecule has 96 valence electrons. The summed E-state index contributed by atoms with van der Waals surface area (Å²) < 4.78 is 3.12. The second-order valence-electron chi connectivity index (χ2n) is 4.51. The van der Waals surface area contributed by atoms with E-state index < -0.39 is 0 Å². The summed E-state index contributed by atoms with van der Waals surface area (Å²) in [5.74, 6) is 0. The standard InChI is InChI=1S/C14H18IN3/c1-3-13(16)14(18-9-11(15)8-17-18)12-7-5-4-6-10(12)2/h4-9,13-14H,3,16H2,1-2H3. The Morgan fingerprint density at radius 1 is 1.39 bits per heavy atom. The van der Waals surface area contributed by atoms with Crippen molar-refractivity contribution in [2.45, 2.75) is 32.4 Å². The van der Waals surface area contributed by atoms with E-state index >= 15 is 0 Å². The molecule has 0 aliphatic carbocycles. The molecule has 18 heavy (non-hydrogen) atoms. The normalized spacial score (nSPS) is 14.4. The second-order valence-corrected chi connectivity index (χ2v) is 5.76. The van der Waals surface area contributed by atoms with Crippen LogP contribution in [0.2, 0.25) is 0 Å². The summed E-state index contributed by atoms with van der Waals surface area (Å²) in [5, 5.41) is 4.43. The molecule has 1 aromatic heterocycles.